The van der Waals surface area contributed by atoms with Gasteiger partial charge >= 0.3 is 0 Å². The lowest BCUT2D eigenvalue weighted by Crippen LogP contribution is -2.26. The van der Waals surface area contributed by atoms with Gasteiger partial charge < -0.3 is 4.98 Å². The molecule has 0 bridgehead atoms. The van der Waals surface area contributed by atoms with E-state index < -0.39 is 0 Å². The van der Waals surface area contributed by atoms with Gasteiger partial charge in [-0.05, 0) is 38.1 Å². The Hall–Kier alpha value is -1.42. The van der Waals surface area contributed by atoms with Gasteiger partial charge in [0.05, 0.1) is 12.1 Å². The number of unbranched alkanes of at least 4 members (excludes halogenated alkanes) is 2. The van der Waals surface area contributed by atoms with Crippen LogP contribution in [0.1, 0.15) is 45.4 Å². The zero-order valence-electron chi connectivity index (χ0n) is 12.0. The molecule has 4 heteroatoms. The summed E-state index contributed by atoms with van der Waals surface area (Å²) < 4.78 is 0. The van der Waals surface area contributed by atoms with Crippen LogP contribution in [-0.4, -0.2) is 32.9 Å². The lowest BCUT2D eigenvalue weighted by molar-refractivity contribution is 0.252. The van der Waals surface area contributed by atoms with Crippen LogP contribution in [0.25, 0.3) is 11.2 Å². The molecule has 1 N–H and O–H groups in total. The maximum Gasteiger partial charge on any atom is 0.177 e. The third kappa shape index (κ3) is 4.03. The molecular weight excluding hydrogens is 236 g/mol. The van der Waals surface area contributed by atoms with Gasteiger partial charge in [-0.2, -0.15) is 0 Å². The molecule has 0 atom stereocenters. The number of nitrogens with one attached hydrogen (secondary N) is 1. The molecule has 0 amide bonds. The van der Waals surface area contributed by atoms with Gasteiger partial charge in [0.2, 0.25) is 0 Å². The fraction of sp³-hybridized carbons (Fsp3) is 0.600. The number of hydrogen-bond donors (Lipinski definition) is 1. The van der Waals surface area contributed by atoms with Crippen molar-refractivity contribution in [2.75, 3.05) is 13.1 Å². The van der Waals surface area contributed by atoms with Crippen molar-refractivity contribution < 1.29 is 0 Å². The summed E-state index contributed by atoms with van der Waals surface area (Å²) in [6.45, 7) is 7.69. The van der Waals surface area contributed by atoms with Gasteiger partial charge in [0, 0.05) is 6.20 Å². The molecule has 0 aromatic carbocycles. The van der Waals surface area contributed by atoms with Crippen LogP contribution in [0.4, 0.5) is 0 Å². The van der Waals surface area contributed by atoms with Crippen LogP contribution in [-0.2, 0) is 6.54 Å². The van der Waals surface area contributed by atoms with Crippen LogP contribution in [0.5, 0.6) is 0 Å². The first-order chi connectivity index (χ1) is 9.33. The first-order valence-corrected chi connectivity index (χ1v) is 7.35. The standard InChI is InChI=1S/C15H24N4/c1-3-5-10-19(11-6-4-2)12-14-17-13-8-7-9-16-15(13)18-14/h7-9H,3-6,10-12H2,1-2H3,(H,16,17,18). The molecule has 0 saturated carbocycles. The first-order valence-electron chi connectivity index (χ1n) is 7.35. The summed E-state index contributed by atoms with van der Waals surface area (Å²) in [4.78, 5) is 14.7. The molecule has 2 aromatic heterocycles. The van der Waals surface area contributed by atoms with E-state index in [1.165, 1.54) is 25.7 Å². The van der Waals surface area contributed by atoms with E-state index in [9.17, 15) is 0 Å². The van der Waals surface area contributed by atoms with E-state index in [2.05, 4.69) is 33.7 Å². The average molecular weight is 260 g/mol. The van der Waals surface area contributed by atoms with E-state index in [0.717, 1.165) is 36.6 Å². The number of rotatable bonds is 8. The Bertz CT molecular complexity index is 451. The predicted molar refractivity (Wildman–Crippen MR) is 79.0 cm³/mol. The van der Waals surface area contributed by atoms with Crippen molar-refractivity contribution >= 4 is 11.2 Å². The molecular formula is C15H24N4. The van der Waals surface area contributed by atoms with E-state index in [4.69, 9.17) is 0 Å². The molecule has 0 fully saturated rings. The Morgan fingerprint density at radius 3 is 2.53 bits per heavy atom. The molecule has 0 unspecified atom stereocenters. The lowest BCUT2D eigenvalue weighted by Gasteiger charge is -2.20. The maximum atomic E-state index is 4.56. The molecule has 0 aliphatic rings. The molecule has 104 valence electrons. The summed E-state index contributed by atoms with van der Waals surface area (Å²) in [5.74, 6) is 1.03. The smallest absolute Gasteiger partial charge is 0.177 e. The van der Waals surface area contributed by atoms with E-state index in [1.54, 1.807) is 6.20 Å². The van der Waals surface area contributed by atoms with E-state index >= 15 is 0 Å². The minimum atomic E-state index is 0.823. The third-order valence-electron chi connectivity index (χ3n) is 3.34. The number of pyridine rings is 1. The van der Waals surface area contributed by atoms with Gasteiger partial charge in [0.15, 0.2) is 5.65 Å². The Morgan fingerprint density at radius 1 is 1.16 bits per heavy atom. The average Bonchev–Trinajstić information content (AvgIpc) is 2.84. The van der Waals surface area contributed by atoms with Gasteiger partial charge in [0.1, 0.15) is 5.82 Å². The first kappa shape index (κ1) is 14.0. The molecule has 0 aliphatic heterocycles. The highest BCUT2D eigenvalue weighted by molar-refractivity contribution is 5.69. The maximum absolute atomic E-state index is 4.56. The van der Waals surface area contributed by atoms with Gasteiger partial charge in [-0.1, -0.05) is 26.7 Å². The normalized spacial score (nSPS) is 11.5. The number of aromatic nitrogens is 3. The monoisotopic (exact) mass is 260 g/mol. The second kappa shape index (κ2) is 7.24. The van der Waals surface area contributed by atoms with Crippen molar-refractivity contribution in [3.05, 3.63) is 24.2 Å². The number of hydrogen-bond acceptors (Lipinski definition) is 3. The van der Waals surface area contributed by atoms with Gasteiger partial charge in [-0.15, -0.1) is 0 Å². The number of nitrogens with zero attached hydrogens (tertiary/aromatic N) is 3. The zero-order chi connectivity index (χ0) is 13.5. The van der Waals surface area contributed by atoms with Crippen LogP contribution >= 0.6 is 0 Å². The predicted octanol–water partition coefficient (Wildman–Crippen LogP) is 3.36. The Morgan fingerprint density at radius 2 is 1.89 bits per heavy atom. The Kier molecular flexibility index (Phi) is 5.33. The van der Waals surface area contributed by atoms with Crippen molar-refractivity contribution in [3.63, 3.8) is 0 Å². The minimum absolute atomic E-state index is 0.823. The fourth-order valence-corrected chi connectivity index (χ4v) is 2.21. The SMILES string of the molecule is CCCCN(CCCC)Cc1nc2ncccc2[nH]1. The van der Waals surface area contributed by atoms with Crippen molar-refractivity contribution in [2.24, 2.45) is 0 Å². The van der Waals surface area contributed by atoms with Crippen LogP contribution < -0.4 is 0 Å². The minimum Gasteiger partial charge on any atom is -0.340 e. The van der Waals surface area contributed by atoms with Crippen molar-refractivity contribution in [2.45, 2.75) is 46.1 Å². The second-order valence-corrected chi connectivity index (χ2v) is 5.04. The van der Waals surface area contributed by atoms with Gasteiger partial charge in [-0.3, -0.25) is 4.90 Å². The topological polar surface area (TPSA) is 44.8 Å². The zero-order valence-corrected chi connectivity index (χ0v) is 12.0. The molecule has 0 aliphatic carbocycles. The summed E-state index contributed by atoms with van der Waals surface area (Å²) in [7, 11) is 0. The van der Waals surface area contributed by atoms with Crippen molar-refractivity contribution in [1.29, 1.82) is 0 Å². The molecule has 2 aromatic rings. The van der Waals surface area contributed by atoms with Crippen molar-refractivity contribution in [1.82, 2.24) is 19.9 Å². The Balaban J connectivity index is 2.01. The molecule has 0 radical (unpaired) electrons. The summed E-state index contributed by atoms with van der Waals surface area (Å²) in [6, 6.07) is 3.97. The van der Waals surface area contributed by atoms with Crippen LogP contribution in [0, 0.1) is 0 Å². The highest BCUT2D eigenvalue weighted by atomic mass is 15.1. The largest absolute Gasteiger partial charge is 0.340 e. The summed E-state index contributed by atoms with van der Waals surface area (Å²) in [5, 5.41) is 0. The quantitative estimate of drug-likeness (QED) is 0.791. The Labute approximate surface area is 115 Å². The van der Waals surface area contributed by atoms with Gasteiger partial charge in [-0.25, -0.2) is 9.97 Å². The van der Waals surface area contributed by atoms with E-state index in [-0.39, 0.29) is 0 Å². The highest BCUT2D eigenvalue weighted by Crippen LogP contribution is 2.10. The second-order valence-electron chi connectivity index (χ2n) is 5.04. The van der Waals surface area contributed by atoms with E-state index in [0.29, 0.717) is 0 Å². The van der Waals surface area contributed by atoms with E-state index in [1.807, 2.05) is 12.1 Å². The molecule has 2 rings (SSSR count). The molecule has 19 heavy (non-hydrogen) atoms. The van der Waals surface area contributed by atoms with Crippen LogP contribution in [0.15, 0.2) is 18.3 Å². The number of imidazole rings is 1. The summed E-state index contributed by atoms with van der Waals surface area (Å²) >= 11 is 0. The van der Waals surface area contributed by atoms with Crippen molar-refractivity contribution in [3.8, 4) is 0 Å². The lowest BCUT2D eigenvalue weighted by atomic mass is 10.2. The number of aromatic amines is 1. The molecule has 0 spiro atoms. The van der Waals surface area contributed by atoms with Gasteiger partial charge in [0.25, 0.3) is 0 Å². The fourth-order valence-electron chi connectivity index (χ4n) is 2.21. The third-order valence-corrected chi connectivity index (χ3v) is 3.34. The number of H-pyrrole nitrogens is 1. The summed E-state index contributed by atoms with van der Waals surface area (Å²) in [6.07, 6.45) is 6.78. The highest BCUT2D eigenvalue weighted by Gasteiger charge is 2.09. The van der Waals surface area contributed by atoms with Crippen LogP contribution in [0.2, 0.25) is 0 Å². The molecule has 4 nitrogen and oxygen atoms in total. The molecule has 2 heterocycles. The molecule has 0 saturated heterocycles. The summed E-state index contributed by atoms with van der Waals surface area (Å²) in [5.41, 5.74) is 1.85. The number of fused-ring (bicyclic) bond motifs is 1. The van der Waals surface area contributed by atoms with Crippen LogP contribution in [0.3, 0.4) is 0 Å².